The summed E-state index contributed by atoms with van der Waals surface area (Å²) in [7, 11) is 1.90. The fourth-order valence-electron chi connectivity index (χ4n) is 0.746. The van der Waals surface area contributed by atoms with Gasteiger partial charge in [-0.15, -0.1) is 0 Å². The lowest BCUT2D eigenvalue weighted by atomic mass is 10.9. The van der Waals surface area contributed by atoms with E-state index in [1.165, 1.54) is 0 Å². The quantitative estimate of drug-likeness (QED) is 0.448. The normalized spacial score (nSPS) is 24.5. The van der Waals surface area contributed by atoms with E-state index in [2.05, 4.69) is 0 Å². The molecule has 0 N–H and O–H groups in total. The lowest BCUT2D eigenvalue weighted by Gasteiger charge is -2.22. The van der Waals surface area contributed by atoms with E-state index < -0.39 is 0 Å². The van der Waals surface area contributed by atoms with E-state index in [4.69, 9.17) is 16.4 Å². The molecular weight excluding hydrogens is 152 g/mol. The first-order valence-corrected chi connectivity index (χ1v) is 3.65. The fraction of sp³-hybridized carbons (Fsp3) is 0.667. The Morgan fingerprint density at radius 2 is 2.30 bits per heavy atom. The Balaban J connectivity index is 2.41. The SMILES string of the molecule is CCON1C=CN(C)C1Cl. The third-order valence-corrected chi connectivity index (χ3v) is 1.77. The molecule has 1 aliphatic heterocycles. The number of alkyl halides is 1. The summed E-state index contributed by atoms with van der Waals surface area (Å²) in [5, 5.41) is 1.61. The largest absolute Gasteiger partial charge is 0.345 e. The highest BCUT2D eigenvalue weighted by molar-refractivity contribution is 6.20. The molecule has 1 rings (SSSR count). The average Bonchev–Trinajstić information content (AvgIpc) is 2.20. The van der Waals surface area contributed by atoms with Crippen molar-refractivity contribution in [1.82, 2.24) is 9.96 Å². The molecule has 1 aliphatic rings. The summed E-state index contributed by atoms with van der Waals surface area (Å²) >= 11 is 5.87. The van der Waals surface area contributed by atoms with Gasteiger partial charge in [0.2, 0.25) is 5.62 Å². The molecule has 0 amide bonds. The maximum absolute atomic E-state index is 5.87. The lowest BCUT2D eigenvalue weighted by Crippen LogP contribution is -2.31. The van der Waals surface area contributed by atoms with Gasteiger partial charge in [-0.05, 0) is 6.92 Å². The molecule has 0 fully saturated rings. The topological polar surface area (TPSA) is 15.7 Å². The van der Waals surface area contributed by atoms with Crippen molar-refractivity contribution in [1.29, 1.82) is 0 Å². The van der Waals surface area contributed by atoms with Gasteiger partial charge in [0, 0.05) is 19.4 Å². The Hall–Kier alpha value is -0.410. The smallest absolute Gasteiger partial charge is 0.202 e. The molecule has 0 bridgehead atoms. The van der Waals surface area contributed by atoms with Gasteiger partial charge in [-0.3, -0.25) is 4.84 Å². The van der Waals surface area contributed by atoms with Crippen molar-refractivity contribution >= 4 is 11.6 Å². The van der Waals surface area contributed by atoms with Crippen molar-refractivity contribution < 1.29 is 4.84 Å². The minimum absolute atomic E-state index is 0.194. The van der Waals surface area contributed by atoms with Crippen molar-refractivity contribution in [3.05, 3.63) is 12.4 Å². The number of hydroxylamine groups is 2. The summed E-state index contributed by atoms with van der Waals surface area (Å²) in [6.45, 7) is 2.57. The monoisotopic (exact) mass is 162 g/mol. The molecule has 0 aromatic rings. The predicted molar refractivity (Wildman–Crippen MR) is 40.0 cm³/mol. The van der Waals surface area contributed by atoms with Gasteiger partial charge in [-0.2, -0.15) is 0 Å². The van der Waals surface area contributed by atoms with Crippen LogP contribution in [-0.2, 0) is 4.84 Å². The third kappa shape index (κ3) is 1.36. The zero-order chi connectivity index (χ0) is 7.56. The first-order chi connectivity index (χ1) is 4.75. The number of rotatable bonds is 2. The Morgan fingerprint density at radius 3 is 2.70 bits per heavy atom. The van der Waals surface area contributed by atoms with Gasteiger partial charge in [0.15, 0.2) is 0 Å². The fourth-order valence-corrected chi connectivity index (χ4v) is 0.932. The van der Waals surface area contributed by atoms with Crippen molar-refractivity contribution in [3.8, 4) is 0 Å². The minimum Gasteiger partial charge on any atom is -0.345 e. The Bertz CT molecular complexity index is 140. The van der Waals surface area contributed by atoms with Gasteiger partial charge in [0.25, 0.3) is 0 Å². The average molecular weight is 163 g/mol. The highest BCUT2D eigenvalue weighted by Crippen LogP contribution is 2.16. The molecule has 0 aromatic heterocycles. The third-order valence-electron chi connectivity index (χ3n) is 1.27. The van der Waals surface area contributed by atoms with Gasteiger partial charge >= 0.3 is 0 Å². The highest BCUT2D eigenvalue weighted by Gasteiger charge is 2.20. The van der Waals surface area contributed by atoms with Gasteiger partial charge in [0.1, 0.15) is 0 Å². The Labute approximate surface area is 65.8 Å². The van der Waals surface area contributed by atoms with Crippen LogP contribution < -0.4 is 0 Å². The van der Waals surface area contributed by atoms with E-state index in [0.29, 0.717) is 6.61 Å². The van der Waals surface area contributed by atoms with Crippen molar-refractivity contribution in [2.75, 3.05) is 13.7 Å². The molecule has 0 aliphatic carbocycles. The first kappa shape index (κ1) is 7.69. The van der Waals surface area contributed by atoms with Crippen LogP contribution in [0.4, 0.5) is 0 Å². The highest BCUT2D eigenvalue weighted by atomic mass is 35.5. The molecule has 1 heterocycles. The molecule has 0 saturated carbocycles. The van der Waals surface area contributed by atoms with Crippen LogP contribution >= 0.6 is 11.6 Å². The maximum Gasteiger partial charge on any atom is 0.202 e. The molecule has 0 spiro atoms. The van der Waals surface area contributed by atoms with Crippen molar-refractivity contribution in [2.45, 2.75) is 12.5 Å². The van der Waals surface area contributed by atoms with Crippen LogP contribution in [0.15, 0.2) is 12.4 Å². The predicted octanol–water partition coefficient (Wildman–Crippen LogP) is 1.18. The van der Waals surface area contributed by atoms with Gasteiger partial charge in [-0.25, -0.2) is 5.06 Å². The van der Waals surface area contributed by atoms with Gasteiger partial charge in [-0.1, -0.05) is 11.6 Å². The second kappa shape index (κ2) is 3.12. The van der Waals surface area contributed by atoms with E-state index >= 15 is 0 Å². The standard InChI is InChI=1S/C6H11ClN2O/c1-3-10-9-5-4-8(2)6(9)7/h4-6H,3H2,1-2H3. The summed E-state index contributed by atoms with van der Waals surface area (Å²) in [4.78, 5) is 7.02. The van der Waals surface area contributed by atoms with Crippen LogP contribution in [0.25, 0.3) is 0 Å². The van der Waals surface area contributed by atoms with Crippen LogP contribution in [0, 0.1) is 0 Å². The number of hydrogen-bond acceptors (Lipinski definition) is 3. The van der Waals surface area contributed by atoms with Crippen LogP contribution in [-0.4, -0.2) is 29.2 Å². The van der Waals surface area contributed by atoms with E-state index in [-0.39, 0.29) is 5.62 Å². The minimum atomic E-state index is -0.194. The van der Waals surface area contributed by atoms with Crippen LogP contribution in [0.3, 0.4) is 0 Å². The molecule has 0 radical (unpaired) electrons. The summed E-state index contributed by atoms with van der Waals surface area (Å²) in [5.41, 5.74) is -0.194. The Kier molecular flexibility index (Phi) is 2.40. The van der Waals surface area contributed by atoms with Crippen LogP contribution in [0.2, 0.25) is 0 Å². The zero-order valence-corrected chi connectivity index (χ0v) is 6.88. The second-order valence-electron chi connectivity index (χ2n) is 2.05. The molecule has 0 saturated heterocycles. The lowest BCUT2D eigenvalue weighted by molar-refractivity contribution is -0.134. The van der Waals surface area contributed by atoms with Crippen molar-refractivity contribution in [2.24, 2.45) is 0 Å². The number of nitrogens with zero attached hydrogens (tertiary/aromatic N) is 2. The number of hydrogen-bond donors (Lipinski definition) is 0. The molecule has 0 aromatic carbocycles. The number of halogens is 1. The zero-order valence-electron chi connectivity index (χ0n) is 6.12. The van der Waals surface area contributed by atoms with Crippen LogP contribution in [0.1, 0.15) is 6.92 Å². The van der Waals surface area contributed by atoms with Crippen molar-refractivity contribution in [3.63, 3.8) is 0 Å². The molecule has 4 heteroatoms. The molecule has 1 atom stereocenters. The summed E-state index contributed by atoms with van der Waals surface area (Å²) < 4.78 is 0. The molecular formula is C6H11ClN2O. The molecule has 3 nitrogen and oxygen atoms in total. The van der Waals surface area contributed by atoms with Crippen LogP contribution in [0.5, 0.6) is 0 Å². The Morgan fingerprint density at radius 1 is 1.60 bits per heavy atom. The van der Waals surface area contributed by atoms with Gasteiger partial charge in [0.05, 0.1) is 6.61 Å². The van der Waals surface area contributed by atoms with Gasteiger partial charge < -0.3 is 4.90 Å². The summed E-state index contributed by atoms with van der Waals surface area (Å²) in [6.07, 6.45) is 3.68. The molecule has 10 heavy (non-hydrogen) atoms. The van der Waals surface area contributed by atoms with E-state index in [9.17, 15) is 0 Å². The van der Waals surface area contributed by atoms with E-state index in [1.807, 2.05) is 25.1 Å². The molecule has 58 valence electrons. The first-order valence-electron chi connectivity index (χ1n) is 3.21. The molecule has 1 unspecified atom stereocenters. The summed E-state index contributed by atoms with van der Waals surface area (Å²) in [6, 6.07) is 0. The van der Waals surface area contributed by atoms with E-state index in [1.54, 1.807) is 11.3 Å². The maximum atomic E-state index is 5.87. The summed E-state index contributed by atoms with van der Waals surface area (Å²) in [5.74, 6) is 0. The van der Waals surface area contributed by atoms with E-state index in [0.717, 1.165) is 0 Å². The second-order valence-corrected chi connectivity index (χ2v) is 2.44.